The maximum absolute atomic E-state index is 2.45. The van der Waals surface area contributed by atoms with Gasteiger partial charge in [-0.2, -0.15) is 0 Å². The van der Waals surface area contributed by atoms with Crippen LogP contribution in [0.3, 0.4) is 0 Å². The molecular weight excluding hydrogens is 771 g/mol. The second kappa shape index (κ2) is 14.7. The third-order valence-corrected chi connectivity index (χ3v) is 14.3. The molecule has 0 aliphatic heterocycles. The zero-order valence-corrected chi connectivity index (χ0v) is 36.4. The van der Waals surface area contributed by atoms with Gasteiger partial charge in [-0.15, -0.1) is 0 Å². The molecule has 0 spiro atoms. The molecule has 2 aliphatic carbocycles. The maximum Gasteiger partial charge on any atom is 0.0467 e. The fraction of sp³-hybridized carbons (Fsp3) is 0.0794. The van der Waals surface area contributed by atoms with E-state index < -0.39 is 0 Å². The van der Waals surface area contributed by atoms with E-state index >= 15 is 0 Å². The molecule has 0 bridgehead atoms. The van der Waals surface area contributed by atoms with Gasteiger partial charge in [-0.05, 0) is 138 Å². The Kier molecular flexibility index (Phi) is 8.71. The van der Waals surface area contributed by atoms with Gasteiger partial charge in [-0.1, -0.05) is 208 Å². The minimum atomic E-state index is -0.319. The van der Waals surface area contributed by atoms with Crippen LogP contribution in [0.4, 0.5) is 17.1 Å². The SMILES string of the molecule is CC1(C)c2ccccc2-c2cccc(-c3ccccc3-c3ccc(N(c4cccc(-c5cccc6ccccc56)c4)c4ccc5c(c4)C(C)(c4ccccc4)c4ccccc4-5)cc3)c21. The van der Waals surface area contributed by atoms with Crippen molar-refractivity contribution in [1.29, 1.82) is 0 Å². The normalized spacial score (nSPS) is 15.3. The predicted molar refractivity (Wildman–Crippen MR) is 270 cm³/mol. The molecule has 0 N–H and O–H groups in total. The van der Waals surface area contributed by atoms with E-state index in [1.54, 1.807) is 0 Å². The molecule has 0 aromatic heterocycles. The summed E-state index contributed by atoms with van der Waals surface area (Å²) in [7, 11) is 0. The zero-order valence-electron chi connectivity index (χ0n) is 36.4. The van der Waals surface area contributed by atoms with Crippen molar-refractivity contribution in [3.63, 3.8) is 0 Å². The Balaban J connectivity index is 1.01. The molecule has 1 heteroatoms. The van der Waals surface area contributed by atoms with Crippen LogP contribution in [0, 0.1) is 0 Å². The highest BCUT2D eigenvalue weighted by atomic mass is 15.1. The highest BCUT2D eigenvalue weighted by Crippen LogP contribution is 2.55. The van der Waals surface area contributed by atoms with E-state index in [9.17, 15) is 0 Å². The number of rotatable bonds is 7. The summed E-state index contributed by atoms with van der Waals surface area (Å²) in [6.45, 7) is 7.15. The average Bonchev–Trinajstić information content (AvgIpc) is 3.76. The molecule has 0 saturated carbocycles. The van der Waals surface area contributed by atoms with Gasteiger partial charge >= 0.3 is 0 Å². The van der Waals surface area contributed by atoms with E-state index in [2.05, 4.69) is 256 Å². The first-order valence-electron chi connectivity index (χ1n) is 22.5. The van der Waals surface area contributed by atoms with Crippen LogP contribution in [-0.4, -0.2) is 0 Å². The van der Waals surface area contributed by atoms with Gasteiger partial charge in [0.1, 0.15) is 0 Å². The summed E-state index contributed by atoms with van der Waals surface area (Å²) in [4.78, 5) is 2.45. The molecular formula is C63H47N. The third kappa shape index (κ3) is 5.77. The molecule has 0 radical (unpaired) electrons. The number of nitrogens with zero attached hydrogens (tertiary/aromatic N) is 1. The molecule has 10 aromatic rings. The number of benzene rings is 10. The first kappa shape index (κ1) is 38.0. The highest BCUT2D eigenvalue weighted by molar-refractivity contribution is 5.98. The highest BCUT2D eigenvalue weighted by Gasteiger charge is 2.41. The second-order valence-electron chi connectivity index (χ2n) is 18.2. The van der Waals surface area contributed by atoms with Gasteiger partial charge in [-0.25, -0.2) is 0 Å². The van der Waals surface area contributed by atoms with Crippen molar-refractivity contribution < 1.29 is 0 Å². The van der Waals surface area contributed by atoms with E-state index in [0.29, 0.717) is 0 Å². The first-order valence-corrected chi connectivity index (χ1v) is 22.5. The van der Waals surface area contributed by atoms with E-state index in [1.807, 2.05) is 0 Å². The van der Waals surface area contributed by atoms with Gasteiger partial charge in [-0.3, -0.25) is 0 Å². The number of fused-ring (bicyclic) bond motifs is 7. The van der Waals surface area contributed by atoms with Gasteiger partial charge in [0.25, 0.3) is 0 Å². The van der Waals surface area contributed by atoms with Crippen molar-refractivity contribution in [3.8, 4) is 55.6 Å². The van der Waals surface area contributed by atoms with Crippen molar-refractivity contribution in [3.05, 3.63) is 258 Å². The van der Waals surface area contributed by atoms with E-state index in [4.69, 9.17) is 0 Å². The van der Waals surface area contributed by atoms with Crippen molar-refractivity contribution >= 4 is 27.8 Å². The molecule has 0 heterocycles. The van der Waals surface area contributed by atoms with Gasteiger partial charge in [0.2, 0.25) is 0 Å². The van der Waals surface area contributed by atoms with Crippen molar-refractivity contribution in [2.45, 2.75) is 31.6 Å². The Morgan fingerprint density at radius 2 is 0.844 bits per heavy atom. The summed E-state index contributed by atoms with van der Waals surface area (Å²) in [5.74, 6) is 0. The van der Waals surface area contributed by atoms with Crippen molar-refractivity contribution in [1.82, 2.24) is 0 Å². The fourth-order valence-corrected chi connectivity index (χ4v) is 11.3. The second-order valence-corrected chi connectivity index (χ2v) is 18.2. The van der Waals surface area contributed by atoms with Crippen LogP contribution in [0.2, 0.25) is 0 Å². The van der Waals surface area contributed by atoms with E-state index in [-0.39, 0.29) is 10.8 Å². The van der Waals surface area contributed by atoms with E-state index in [1.165, 1.54) is 94.2 Å². The van der Waals surface area contributed by atoms with Crippen LogP contribution in [0.5, 0.6) is 0 Å². The zero-order chi connectivity index (χ0) is 43.0. The van der Waals surface area contributed by atoms with Gasteiger partial charge in [0, 0.05) is 27.9 Å². The summed E-state index contributed by atoms with van der Waals surface area (Å²) in [5.41, 5.74) is 22.3. The van der Waals surface area contributed by atoms with Crippen LogP contribution in [0.1, 0.15) is 48.6 Å². The minimum Gasteiger partial charge on any atom is -0.310 e. The summed E-state index contributed by atoms with van der Waals surface area (Å²) in [6, 6.07) is 85.4. The molecule has 304 valence electrons. The molecule has 0 fully saturated rings. The molecule has 10 aromatic carbocycles. The molecule has 64 heavy (non-hydrogen) atoms. The Bertz CT molecular complexity index is 3420. The lowest BCUT2D eigenvalue weighted by Gasteiger charge is -2.31. The largest absolute Gasteiger partial charge is 0.310 e. The van der Waals surface area contributed by atoms with Gasteiger partial charge in [0.05, 0.1) is 0 Å². The smallest absolute Gasteiger partial charge is 0.0467 e. The van der Waals surface area contributed by atoms with Crippen LogP contribution in [-0.2, 0) is 10.8 Å². The molecule has 0 amide bonds. The molecule has 0 saturated heterocycles. The fourth-order valence-electron chi connectivity index (χ4n) is 11.3. The molecule has 12 rings (SSSR count). The number of hydrogen-bond acceptors (Lipinski definition) is 1. The Hall–Kier alpha value is -7.74. The lowest BCUT2D eigenvalue weighted by molar-refractivity contribution is 0.662. The van der Waals surface area contributed by atoms with Crippen LogP contribution in [0.25, 0.3) is 66.4 Å². The van der Waals surface area contributed by atoms with Crippen LogP contribution in [0.15, 0.2) is 231 Å². The average molecular weight is 818 g/mol. The third-order valence-electron chi connectivity index (χ3n) is 14.3. The lowest BCUT2D eigenvalue weighted by atomic mass is 9.74. The monoisotopic (exact) mass is 817 g/mol. The minimum absolute atomic E-state index is 0.117. The summed E-state index contributed by atoms with van der Waals surface area (Å²) in [6.07, 6.45) is 0. The quantitative estimate of drug-likeness (QED) is 0.155. The maximum atomic E-state index is 2.45. The topological polar surface area (TPSA) is 3.24 Å². The van der Waals surface area contributed by atoms with E-state index in [0.717, 1.165) is 17.1 Å². The van der Waals surface area contributed by atoms with Gasteiger partial charge in [0.15, 0.2) is 0 Å². The Morgan fingerprint density at radius 3 is 1.64 bits per heavy atom. The molecule has 2 aliphatic rings. The standard InChI is InChI=1S/C63H47N/c1-62(2)58-32-13-11-28-54(58)57-31-17-30-56(61(57)62)52-26-10-9-25-50(52)43-34-36-46(37-35-43)64(47-23-15-20-44(40-47)51-29-16-19-42-18-7-8-24-49(42)51)48-38-39-55-53-27-12-14-33-59(53)63(3,60(55)41-48)45-21-5-4-6-22-45/h4-41H,1-3H3. The van der Waals surface area contributed by atoms with Crippen LogP contribution < -0.4 is 4.90 Å². The predicted octanol–water partition coefficient (Wildman–Crippen LogP) is 17.0. The Morgan fingerprint density at radius 1 is 0.312 bits per heavy atom. The summed E-state index contributed by atoms with van der Waals surface area (Å²) < 4.78 is 0. The van der Waals surface area contributed by atoms with Crippen molar-refractivity contribution in [2.75, 3.05) is 4.90 Å². The molecule has 1 nitrogen and oxygen atoms in total. The lowest BCUT2D eigenvalue weighted by Crippen LogP contribution is -2.22. The number of anilines is 3. The van der Waals surface area contributed by atoms with Crippen LogP contribution >= 0.6 is 0 Å². The summed E-state index contributed by atoms with van der Waals surface area (Å²) in [5, 5.41) is 2.49. The Labute approximate surface area is 376 Å². The first-order chi connectivity index (χ1) is 31.4. The molecule has 1 unspecified atom stereocenters. The summed E-state index contributed by atoms with van der Waals surface area (Å²) >= 11 is 0. The van der Waals surface area contributed by atoms with Crippen molar-refractivity contribution in [2.24, 2.45) is 0 Å². The number of hydrogen-bond donors (Lipinski definition) is 0. The molecule has 1 atom stereocenters. The van der Waals surface area contributed by atoms with Gasteiger partial charge < -0.3 is 4.90 Å².